The van der Waals surface area contributed by atoms with Gasteiger partial charge in [0.2, 0.25) is 5.91 Å². The maximum atomic E-state index is 11.4. The minimum absolute atomic E-state index is 0.0339. The fourth-order valence-electron chi connectivity index (χ4n) is 1.78. The van der Waals surface area contributed by atoms with Crippen molar-refractivity contribution in [3.05, 3.63) is 0 Å². The minimum atomic E-state index is 0.0339. The molecule has 0 aliphatic rings. The van der Waals surface area contributed by atoms with Gasteiger partial charge in [-0.15, -0.1) is 0 Å². The number of nitrogens with zero attached hydrogens (tertiary/aromatic N) is 1. The fraction of sp³-hybridized carbons (Fsp3) is 0.917. The average Bonchev–Trinajstić information content (AvgIpc) is 2.30. The van der Waals surface area contributed by atoms with Gasteiger partial charge in [0.05, 0.1) is 6.61 Å². The SMILES string of the molecule is CNC(=O)CC(CN)N(CCOC)CC(C)C. The van der Waals surface area contributed by atoms with Crippen molar-refractivity contribution in [2.45, 2.75) is 26.3 Å². The summed E-state index contributed by atoms with van der Waals surface area (Å²) < 4.78 is 5.10. The van der Waals surface area contributed by atoms with Gasteiger partial charge in [-0.3, -0.25) is 9.69 Å². The lowest BCUT2D eigenvalue weighted by atomic mass is 10.1. The second-order valence-corrected chi connectivity index (χ2v) is 4.65. The molecule has 3 N–H and O–H groups in total. The van der Waals surface area contributed by atoms with Crippen LogP contribution in [0.5, 0.6) is 0 Å². The largest absolute Gasteiger partial charge is 0.383 e. The molecule has 0 radical (unpaired) electrons. The Balaban J connectivity index is 4.41. The minimum Gasteiger partial charge on any atom is -0.383 e. The van der Waals surface area contributed by atoms with Gasteiger partial charge in [-0.05, 0) is 5.92 Å². The lowest BCUT2D eigenvalue weighted by molar-refractivity contribution is -0.121. The van der Waals surface area contributed by atoms with Crippen molar-refractivity contribution < 1.29 is 9.53 Å². The molecule has 102 valence electrons. The first-order chi connectivity index (χ1) is 8.04. The van der Waals surface area contributed by atoms with Gasteiger partial charge < -0.3 is 15.8 Å². The molecule has 1 atom stereocenters. The Labute approximate surface area is 105 Å². The predicted molar refractivity (Wildman–Crippen MR) is 69.8 cm³/mol. The Hall–Kier alpha value is -0.650. The number of amides is 1. The number of nitrogens with two attached hydrogens (primary N) is 1. The summed E-state index contributed by atoms with van der Waals surface area (Å²) in [6.45, 7) is 7.22. The van der Waals surface area contributed by atoms with E-state index in [4.69, 9.17) is 10.5 Å². The number of nitrogens with one attached hydrogen (secondary N) is 1. The lowest BCUT2D eigenvalue weighted by Crippen LogP contribution is -2.46. The third-order valence-corrected chi connectivity index (χ3v) is 2.67. The molecule has 0 aromatic heterocycles. The summed E-state index contributed by atoms with van der Waals surface area (Å²) in [5.74, 6) is 0.581. The first kappa shape index (κ1) is 16.4. The first-order valence-electron chi connectivity index (χ1n) is 6.18. The summed E-state index contributed by atoms with van der Waals surface area (Å²) >= 11 is 0. The van der Waals surface area contributed by atoms with Crippen molar-refractivity contribution in [3.8, 4) is 0 Å². The molecule has 0 aliphatic heterocycles. The van der Waals surface area contributed by atoms with E-state index in [-0.39, 0.29) is 11.9 Å². The molecule has 0 saturated heterocycles. The Morgan fingerprint density at radius 2 is 2.12 bits per heavy atom. The van der Waals surface area contributed by atoms with Crippen molar-refractivity contribution in [2.24, 2.45) is 11.7 Å². The molecule has 5 heteroatoms. The van der Waals surface area contributed by atoms with Gasteiger partial charge >= 0.3 is 0 Å². The monoisotopic (exact) mass is 245 g/mol. The molecule has 0 saturated carbocycles. The van der Waals surface area contributed by atoms with E-state index >= 15 is 0 Å². The summed E-state index contributed by atoms with van der Waals surface area (Å²) in [4.78, 5) is 13.7. The van der Waals surface area contributed by atoms with Crippen molar-refractivity contribution in [2.75, 3.05) is 40.4 Å². The molecule has 0 heterocycles. The van der Waals surface area contributed by atoms with Crippen LogP contribution in [-0.4, -0.2) is 57.2 Å². The molecule has 17 heavy (non-hydrogen) atoms. The van der Waals surface area contributed by atoms with Crippen molar-refractivity contribution in [3.63, 3.8) is 0 Å². The maximum absolute atomic E-state index is 11.4. The zero-order valence-corrected chi connectivity index (χ0v) is 11.5. The molecule has 1 amide bonds. The fourth-order valence-corrected chi connectivity index (χ4v) is 1.78. The molecule has 1 unspecified atom stereocenters. The molecule has 0 spiro atoms. The maximum Gasteiger partial charge on any atom is 0.221 e. The Morgan fingerprint density at radius 1 is 1.47 bits per heavy atom. The summed E-state index contributed by atoms with van der Waals surface area (Å²) in [6.07, 6.45) is 0.448. The Kier molecular flexibility index (Phi) is 9.03. The molecule has 0 aromatic rings. The zero-order chi connectivity index (χ0) is 13.3. The van der Waals surface area contributed by atoms with Gasteiger partial charge in [0, 0.05) is 46.3 Å². The van der Waals surface area contributed by atoms with Crippen LogP contribution < -0.4 is 11.1 Å². The van der Waals surface area contributed by atoms with Crippen LogP contribution in [0.4, 0.5) is 0 Å². The Bertz CT molecular complexity index is 210. The number of hydrogen-bond donors (Lipinski definition) is 2. The van der Waals surface area contributed by atoms with E-state index in [0.29, 0.717) is 25.5 Å². The van der Waals surface area contributed by atoms with Crippen molar-refractivity contribution in [1.29, 1.82) is 0 Å². The average molecular weight is 245 g/mol. The number of carbonyl (C=O) groups excluding carboxylic acids is 1. The van der Waals surface area contributed by atoms with Crippen LogP contribution in [0.15, 0.2) is 0 Å². The van der Waals surface area contributed by atoms with Crippen LogP contribution in [0.2, 0.25) is 0 Å². The normalized spacial score (nSPS) is 13.1. The van der Waals surface area contributed by atoms with E-state index in [0.717, 1.165) is 13.1 Å². The predicted octanol–water partition coefficient (Wildman–Crippen LogP) is 0.0542. The van der Waals surface area contributed by atoms with Crippen molar-refractivity contribution in [1.82, 2.24) is 10.2 Å². The summed E-state index contributed by atoms with van der Waals surface area (Å²) in [5.41, 5.74) is 5.76. The van der Waals surface area contributed by atoms with E-state index < -0.39 is 0 Å². The van der Waals surface area contributed by atoms with E-state index in [1.165, 1.54) is 0 Å². The third-order valence-electron chi connectivity index (χ3n) is 2.67. The topological polar surface area (TPSA) is 67.6 Å². The second-order valence-electron chi connectivity index (χ2n) is 4.65. The highest BCUT2D eigenvalue weighted by atomic mass is 16.5. The molecule has 0 bridgehead atoms. The molecule has 0 fully saturated rings. The molecule has 0 aliphatic carbocycles. The van der Waals surface area contributed by atoms with Crippen LogP contribution in [0.1, 0.15) is 20.3 Å². The van der Waals surface area contributed by atoms with E-state index in [1.54, 1.807) is 14.2 Å². The van der Waals surface area contributed by atoms with Gasteiger partial charge in [-0.2, -0.15) is 0 Å². The zero-order valence-electron chi connectivity index (χ0n) is 11.5. The molecular formula is C12H27N3O2. The van der Waals surface area contributed by atoms with Crippen molar-refractivity contribution >= 4 is 5.91 Å². The summed E-state index contributed by atoms with van der Waals surface area (Å²) in [5, 5.41) is 2.64. The second kappa shape index (κ2) is 9.39. The van der Waals surface area contributed by atoms with Crippen LogP contribution in [0, 0.1) is 5.92 Å². The van der Waals surface area contributed by atoms with Gasteiger partial charge in [-0.25, -0.2) is 0 Å². The number of ether oxygens (including phenoxy) is 1. The van der Waals surface area contributed by atoms with Crippen LogP contribution in [0.25, 0.3) is 0 Å². The van der Waals surface area contributed by atoms with Gasteiger partial charge in [0.25, 0.3) is 0 Å². The summed E-state index contributed by atoms with van der Waals surface area (Å²) in [7, 11) is 3.33. The lowest BCUT2D eigenvalue weighted by Gasteiger charge is -2.31. The summed E-state index contributed by atoms with van der Waals surface area (Å²) in [6, 6.07) is 0.0903. The third kappa shape index (κ3) is 7.31. The molecule has 0 rings (SSSR count). The van der Waals surface area contributed by atoms with E-state index in [9.17, 15) is 4.79 Å². The number of rotatable bonds is 9. The molecular weight excluding hydrogens is 218 g/mol. The van der Waals surface area contributed by atoms with Gasteiger partial charge in [0.1, 0.15) is 0 Å². The smallest absolute Gasteiger partial charge is 0.221 e. The highest BCUT2D eigenvalue weighted by molar-refractivity contribution is 5.76. The number of hydrogen-bond acceptors (Lipinski definition) is 4. The molecule has 5 nitrogen and oxygen atoms in total. The molecule has 0 aromatic carbocycles. The van der Waals surface area contributed by atoms with E-state index in [1.807, 2.05) is 0 Å². The highest BCUT2D eigenvalue weighted by Crippen LogP contribution is 2.07. The van der Waals surface area contributed by atoms with Gasteiger partial charge in [-0.1, -0.05) is 13.8 Å². The highest BCUT2D eigenvalue weighted by Gasteiger charge is 2.20. The first-order valence-corrected chi connectivity index (χ1v) is 6.18. The van der Waals surface area contributed by atoms with Crippen LogP contribution in [0.3, 0.4) is 0 Å². The Morgan fingerprint density at radius 3 is 2.53 bits per heavy atom. The standard InChI is InChI=1S/C12H27N3O2/c1-10(2)9-15(5-6-17-4)11(8-13)7-12(16)14-3/h10-11H,5-9,13H2,1-4H3,(H,14,16). The number of carbonyl (C=O) groups is 1. The quantitative estimate of drug-likeness (QED) is 0.602. The van der Waals surface area contributed by atoms with E-state index in [2.05, 4.69) is 24.1 Å². The number of methoxy groups -OCH3 is 1. The van der Waals surface area contributed by atoms with Crippen LogP contribution in [-0.2, 0) is 9.53 Å². The van der Waals surface area contributed by atoms with Crippen LogP contribution >= 0.6 is 0 Å². The van der Waals surface area contributed by atoms with Gasteiger partial charge in [0.15, 0.2) is 0 Å².